The average molecular weight is 436 g/mol. The Morgan fingerprint density at radius 2 is 1.47 bits per heavy atom. The van der Waals surface area contributed by atoms with Crippen molar-refractivity contribution in [1.29, 1.82) is 5.26 Å². The van der Waals surface area contributed by atoms with Crippen LogP contribution in [-0.4, -0.2) is 9.55 Å². The normalized spacial score (nSPS) is 11.1. The summed E-state index contributed by atoms with van der Waals surface area (Å²) in [6.07, 6.45) is 3.52. The first kappa shape index (κ1) is 20.0. The lowest BCUT2D eigenvalue weighted by Gasteiger charge is -2.12. The number of para-hydroxylation sites is 1. The second-order valence-electron chi connectivity index (χ2n) is 8.53. The maximum absolute atomic E-state index is 9.73. The van der Waals surface area contributed by atoms with Gasteiger partial charge in [-0.2, -0.15) is 5.26 Å². The number of aromatic nitrogens is 2. The molecule has 0 bridgehead atoms. The highest BCUT2D eigenvalue weighted by Crippen LogP contribution is 2.36. The number of nitrogens with zero attached hydrogens (tertiary/aromatic N) is 3. The van der Waals surface area contributed by atoms with Crippen LogP contribution in [0.1, 0.15) is 11.1 Å². The van der Waals surface area contributed by atoms with Crippen LogP contribution in [0, 0.1) is 18.3 Å². The summed E-state index contributed by atoms with van der Waals surface area (Å²) >= 11 is 0. The predicted molar refractivity (Wildman–Crippen MR) is 139 cm³/mol. The van der Waals surface area contributed by atoms with Crippen molar-refractivity contribution >= 4 is 21.8 Å². The zero-order valence-corrected chi connectivity index (χ0v) is 18.7. The topological polar surface area (TPSA) is 41.6 Å². The second-order valence-corrected chi connectivity index (χ2v) is 8.53. The molecular weight excluding hydrogens is 414 g/mol. The zero-order chi connectivity index (χ0) is 23.1. The number of fused-ring (bicyclic) bond motifs is 3. The van der Waals surface area contributed by atoms with Gasteiger partial charge in [0.15, 0.2) is 0 Å². The molecule has 160 valence electrons. The van der Waals surface area contributed by atoms with Crippen LogP contribution in [0.2, 0.25) is 0 Å². The highest BCUT2D eigenvalue weighted by atomic mass is 15.0. The standard InChI is InChI=1S/C31H21N3/c1-21-5-4-6-23(17-21)24-10-12-31-29(18-24)27-7-2-3-8-30(27)34(31)26-11-9-25(20-32)28(19-26)22-13-15-33-16-14-22/h2-19H,1H3. The molecular formula is C31H21N3. The molecule has 0 aliphatic rings. The van der Waals surface area contributed by atoms with Crippen molar-refractivity contribution in [2.45, 2.75) is 6.92 Å². The predicted octanol–water partition coefficient (Wildman–Crippen LogP) is 7.69. The lowest BCUT2D eigenvalue weighted by Crippen LogP contribution is -1.96. The van der Waals surface area contributed by atoms with Gasteiger partial charge in [-0.3, -0.25) is 4.98 Å². The van der Waals surface area contributed by atoms with Crippen LogP contribution in [0.5, 0.6) is 0 Å². The molecule has 0 spiro atoms. The van der Waals surface area contributed by atoms with Crippen LogP contribution in [-0.2, 0) is 0 Å². The summed E-state index contributed by atoms with van der Waals surface area (Å²) in [5.74, 6) is 0. The third kappa shape index (κ3) is 3.25. The van der Waals surface area contributed by atoms with Crippen LogP contribution in [0.4, 0.5) is 0 Å². The quantitative estimate of drug-likeness (QED) is 0.286. The van der Waals surface area contributed by atoms with Crippen molar-refractivity contribution in [2.75, 3.05) is 0 Å². The maximum atomic E-state index is 9.73. The zero-order valence-electron chi connectivity index (χ0n) is 18.7. The molecule has 2 heterocycles. The van der Waals surface area contributed by atoms with E-state index < -0.39 is 0 Å². The minimum atomic E-state index is 0.650. The Hall–Kier alpha value is -4.68. The molecule has 0 fully saturated rings. The molecule has 3 heteroatoms. The fourth-order valence-electron chi connectivity index (χ4n) is 4.79. The largest absolute Gasteiger partial charge is 0.309 e. The Morgan fingerprint density at radius 3 is 2.29 bits per heavy atom. The van der Waals surface area contributed by atoms with Gasteiger partial charge < -0.3 is 4.57 Å². The summed E-state index contributed by atoms with van der Waals surface area (Å²) in [4.78, 5) is 4.13. The summed E-state index contributed by atoms with van der Waals surface area (Å²) < 4.78 is 2.29. The monoisotopic (exact) mass is 435 g/mol. The van der Waals surface area contributed by atoms with E-state index >= 15 is 0 Å². The van der Waals surface area contributed by atoms with Gasteiger partial charge >= 0.3 is 0 Å². The van der Waals surface area contributed by atoms with Gasteiger partial charge in [0.1, 0.15) is 0 Å². The summed E-state index contributed by atoms with van der Waals surface area (Å²) in [7, 11) is 0. The van der Waals surface area contributed by atoms with Crippen molar-refractivity contribution in [1.82, 2.24) is 9.55 Å². The Kier molecular flexibility index (Phi) is 4.71. The average Bonchev–Trinajstić information content (AvgIpc) is 3.22. The van der Waals surface area contributed by atoms with Crippen LogP contribution in [0.15, 0.2) is 109 Å². The van der Waals surface area contributed by atoms with Crippen molar-refractivity contribution in [3.05, 3.63) is 121 Å². The van der Waals surface area contributed by atoms with Crippen molar-refractivity contribution in [3.8, 4) is 34.0 Å². The number of hydrogen-bond donors (Lipinski definition) is 0. The minimum absolute atomic E-state index is 0.650. The van der Waals surface area contributed by atoms with E-state index in [-0.39, 0.29) is 0 Å². The van der Waals surface area contributed by atoms with E-state index in [1.807, 2.05) is 24.3 Å². The van der Waals surface area contributed by atoms with Crippen molar-refractivity contribution < 1.29 is 0 Å². The van der Waals surface area contributed by atoms with Gasteiger partial charge in [-0.25, -0.2) is 0 Å². The highest BCUT2D eigenvalue weighted by Gasteiger charge is 2.15. The molecule has 0 amide bonds. The Balaban J connectivity index is 1.62. The molecule has 34 heavy (non-hydrogen) atoms. The summed E-state index contributed by atoms with van der Waals surface area (Å²) in [5, 5.41) is 12.2. The van der Waals surface area contributed by atoms with Gasteiger partial charge in [0.2, 0.25) is 0 Å². The van der Waals surface area contributed by atoms with Gasteiger partial charge in [0.05, 0.1) is 22.7 Å². The molecule has 4 aromatic carbocycles. The van der Waals surface area contributed by atoms with Gasteiger partial charge in [0, 0.05) is 34.4 Å². The Bertz CT molecular complexity index is 1720. The molecule has 0 aliphatic carbocycles. The number of pyridine rings is 1. The molecule has 0 saturated heterocycles. The smallest absolute Gasteiger partial charge is 0.0998 e. The van der Waals surface area contributed by atoms with Gasteiger partial charge in [-0.05, 0) is 72.1 Å². The third-order valence-corrected chi connectivity index (χ3v) is 6.40. The summed E-state index contributed by atoms with van der Waals surface area (Å²) in [5.41, 5.74) is 9.53. The third-order valence-electron chi connectivity index (χ3n) is 6.40. The fraction of sp³-hybridized carbons (Fsp3) is 0.0323. The first-order chi connectivity index (χ1) is 16.7. The molecule has 6 aromatic rings. The van der Waals surface area contributed by atoms with E-state index in [1.165, 1.54) is 27.5 Å². The summed E-state index contributed by atoms with van der Waals surface area (Å²) in [6.45, 7) is 2.12. The van der Waals surface area contributed by atoms with Crippen molar-refractivity contribution in [3.63, 3.8) is 0 Å². The molecule has 3 nitrogen and oxygen atoms in total. The fourth-order valence-corrected chi connectivity index (χ4v) is 4.79. The first-order valence-electron chi connectivity index (χ1n) is 11.3. The van der Waals surface area contributed by atoms with Crippen LogP contribution in [0.25, 0.3) is 49.7 Å². The lowest BCUT2D eigenvalue weighted by molar-refractivity contribution is 1.18. The van der Waals surface area contributed by atoms with Gasteiger partial charge in [-0.1, -0.05) is 54.1 Å². The molecule has 0 unspecified atom stereocenters. The maximum Gasteiger partial charge on any atom is 0.0998 e. The Morgan fingerprint density at radius 1 is 0.676 bits per heavy atom. The molecule has 0 N–H and O–H groups in total. The van der Waals surface area contributed by atoms with Gasteiger partial charge in [0.25, 0.3) is 0 Å². The van der Waals surface area contributed by atoms with Crippen LogP contribution >= 0.6 is 0 Å². The number of aryl methyl sites for hydroxylation is 1. The number of benzene rings is 4. The van der Waals surface area contributed by atoms with Crippen molar-refractivity contribution in [2.24, 2.45) is 0 Å². The SMILES string of the molecule is Cc1cccc(-c2ccc3c(c2)c2ccccc2n3-c2ccc(C#N)c(-c3ccncc3)c2)c1. The highest BCUT2D eigenvalue weighted by molar-refractivity contribution is 6.10. The number of rotatable bonds is 3. The lowest BCUT2D eigenvalue weighted by atomic mass is 10.0. The number of hydrogen-bond acceptors (Lipinski definition) is 2. The molecule has 0 radical (unpaired) electrons. The summed E-state index contributed by atoms with van der Waals surface area (Å²) in [6, 6.07) is 36.1. The van der Waals surface area contributed by atoms with Crippen LogP contribution < -0.4 is 0 Å². The van der Waals surface area contributed by atoms with Gasteiger partial charge in [-0.15, -0.1) is 0 Å². The van der Waals surface area contributed by atoms with E-state index in [1.54, 1.807) is 12.4 Å². The van der Waals surface area contributed by atoms with Crippen LogP contribution in [0.3, 0.4) is 0 Å². The first-order valence-corrected chi connectivity index (χ1v) is 11.3. The van der Waals surface area contributed by atoms with E-state index in [0.717, 1.165) is 27.8 Å². The van der Waals surface area contributed by atoms with E-state index in [0.29, 0.717) is 5.56 Å². The molecule has 0 saturated carbocycles. The molecule has 6 rings (SSSR count). The molecule has 0 aliphatic heterocycles. The Labute approximate surface area is 198 Å². The molecule has 2 aromatic heterocycles. The van der Waals surface area contributed by atoms with E-state index in [4.69, 9.17) is 0 Å². The second kappa shape index (κ2) is 8.03. The number of nitriles is 1. The molecule has 0 atom stereocenters. The minimum Gasteiger partial charge on any atom is -0.309 e. The van der Waals surface area contributed by atoms with E-state index in [9.17, 15) is 5.26 Å². The van der Waals surface area contributed by atoms with E-state index in [2.05, 4.69) is 95.3 Å².